The molecule has 0 aliphatic rings. The lowest BCUT2D eigenvalue weighted by atomic mass is 10.2. The van der Waals surface area contributed by atoms with E-state index in [4.69, 9.17) is 9.84 Å². The van der Waals surface area contributed by atoms with Crippen molar-refractivity contribution in [2.24, 2.45) is 0 Å². The molecule has 6 nitrogen and oxygen atoms in total. The van der Waals surface area contributed by atoms with Gasteiger partial charge in [0, 0.05) is 6.08 Å². The van der Waals surface area contributed by atoms with E-state index in [1.807, 2.05) is 0 Å². The number of aromatic carboxylic acids is 1. The van der Waals surface area contributed by atoms with Crippen LogP contribution < -0.4 is 4.74 Å². The second-order valence-electron chi connectivity index (χ2n) is 4.49. The predicted octanol–water partition coefficient (Wildman–Crippen LogP) is 2.98. The van der Waals surface area contributed by atoms with Crippen LogP contribution >= 0.6 is 0 Å². The highest BCUT2D eigenvalue weighted by atomic mass is 17.2. The zero-order chi connectivity index (χ0) is 16.2. The Hall–Kier alpha value is -2.34. The Balaban J connectivity index is 2.08. The van der Waals surface area contributed by atoms with E-state index in [-0.39, 0.29) is 5.56 Å². The van der Waals surface area contributed by atoms with E-state index in [9.17, 15) is 9.59 Å². The van der Waals surface area contributed by atoms with Gasteiger partial charge in [-0.05, 0) is 31.4 Å². The van der Waals surface area contributed by atoms with Crippen molar-refractivity contribution in [2.75, 3.05) is 13.2 Å². The second kappa shape index (κ2) is 10.4. The van der Waals surface area contributed by atoms with Gasteiger partial charge < -0.3 is 9.84 Å². The van der Waals surface area contributed by atoms with Gasteiger partial charge in [-0.25, -0.2) is 9.59 Å². The topological polar surface area (TPSA) is 82.1 Å². The van der Waals surface area contributed by atoms with Crippen LogP contribution in [0.3, 0.4) is 0 Å². The summed E-state index contributed by atoms with van der Waals surface area (Å²) in [4.78, 5) is 30.7. The Labute approximate surface area is 129 Å². The first-order valence-electron chi connectivity index (χ1n) is 7.06. The Morgan fingerprint density at radius 1 is 1.09 bits per heavy atom. The number of carboxylic acid groups (broad SMARTS) is 1. The normalized spacial score (nSPS) is 10.0. The van der Waals surface area contributed by atoms with Crippen LogP contribution in [-0.4, -0.2) is 30.3 Å². The third kappa shape index (κ3) is 6.90. The number of hydrogen-bond donors (Lipinski definition) is 1. The quantitative estimate of drug-likeness (QED) is 0.293. The van der Waals surface area contributed by atoms with Crippen LogP contribution in [0, 0.1) is 0 Å². The number of carbonyl (C=O) groups excluding carboxylic acids is 1. The maximum Gasteiger partial charge on any atom is 0.365 e. The van der Waals surface area contributed by atoms with Crippen LogP contribution in [0.15, 0.2) is 36.9 Å². The monoisotopic (exact) mass is 308 g/mol. The van der Waals surface area contributed by atoms with Crippen LogP contribution in [0.1, 0.15) is 36.0 Å². The maximum atomic E-state index is 11.0. The summed E-state index contributed by atoms with van der Waals surface area (Å²) in [5.74, 6) is -1.22. The molecule has 0 bridgehead atoms. The average Bonchev–Trinajstić information content (AvgIpc) is 2.53. The van der Waals surface area contributed by atoms with Gasteiger partial charge in [0.15, 0.2) is 0 Å². The molecule has 0 radical (unpaired) electrons. The molecule has 0 spiro atoms. The lowest BCUT2D eigenvalue weighted by Crippen LogP contribution is -2.05. The molecule has 1 rings (SSSR count). The number of unbranched alkanes of at least 4 members (excludes halogenated alkanes) is 3. The Morgan fingerprint density at radius 2 is 1.77 bits per heavy atom. The molecule has 22 heavy (non-hydrogen) atoms. The van der Waals surface area contributed by atoms with Gasteiger partial charge >= 0.3 is 11.9 Å². The zero-order valence-electron chi connectivity index (χ0n) is 12.3. The molecule has 0 unspecified atom stereocenters. The first-order chi connectivity index (χ1) is 10.6. The molecule has 0 fully saturated rings. The van der Waals surface area contributed by atoms with Crippen molar-refractivity contribution in [2.45, 2.75) is 25.7 Å². The first-order valence-corrected chi connectivity index (χ1v) is 7.06. The van der Waals surface area contributed by atoms with Gasteiger partial charge in [-0.3, -0.25) is 4.89 Å². The van der Waals surface area contributed by atoms with Crippen molar-refractivity contribution >= 4 is 11.9 Å². The Bertz CT molecular complexity index is 497. The van der Waals surface area contributed by atoms with Crippen molar-refractivity contribution in [3.8, 4) is 5.75 Å². The SMILES string of the molecule is C=CC(=O)OOCCCCCCOc1ccccc1C(=O)O. The summed E-state index contributed by atoms with van der Waals surface area (Å²) in [7, 11) is 0. The molecule has 6 heteroatoms. The van der Waals surface area contributed by atoms with Gasteiger partial charge in [-0.1, -0.05) is 25.1 Å². The van der Waals surface area contributed by atoms with E-state index in [1.54, 1.807) is 18.2 Å². The second-order valence-corrected chi connectivity index (χ2v) is 4.49. The highest BCUT2D eigenvalue weighted by Gasteiger charge is 2.09. The van der Waals surface area contributed by atoms with Crippen molar-refractivity contribution in [3.05, 3.63) is 42.5 Å². The molecule has 1 aromatic carbocycles. The number of para-hydroxylation sites is 1. The largest absolute Gasteiger partial charge is 0.493 e. The highest BCUT2D eigenvalue weighted by Crippen LogP contribution is 2.18. The lowest BCUT2D eigenvalue weighted by molar-refractivity contribution is -0.267. The number of ether oxygens (including phenoxy) is 1. The summed E-state index contributed by atoms with van der Waals surface area (Å²) < 4.78 is 5.48. The minimum atomic E-state index is -0.998. The van der Waals surface area contributed by atoms with E-state index in [0.29, 0.717) is 19.0 Å². The molecular weight excluding hydrogens is 288 g/mol. The summed E-state index contributed by atoms with van der Waals surface area (Å²) in [5, 5.41) is 9.01. The fourth-order valence-electron chi connectivity index (χ4n) is 1.70. The van der Waals surface area contributed by atoms with E-state index in [1.165, 1.54) is 6.07 Å². The molecule has 0 aromatic heterocycles. The first kappa shape index (κ1) is 17.7. The molecular formula is C16H20O6. The van der Waals surface area contributed by atoms with Crippen LogP contribution in [0.5, 0.6) is 5.75 Å². The standard InChI is InChI=1S/C16H20O6/c1-2-15(17)22-21-12-8-4-3-7-11-20-14-10-6-5-9-13(14)16(18)19/h2,5-6,9-10H,1,3-4,7-8,11-12H2,(H,18,19). The molecule has 0 aliphatic heterocycles. The lowest BCUT2D eigenvalue weighted by Gasteiger charge is -2.08. The fraction of sp³-hybridized carbons (Fsp3) is 0.375. The molecule has 0 aliphatic carbocycles. The molecule has 0 saturated carbocycles. The van der Waals surface area contributed by atoms with E-state index >= 15 is 0 Å². The van der Waals surface area contributed by atoms with Gasteiger partial charge in [0.1, 0.15) is 11.3 Å². The fourth-order valence-corrected chi connectivity index (χ4v) is 1.70. The smallest absolute Gasteiger partial charge is 0.365 e. The average molecular weight is 308 g/mol. The van der Waals surface area contributed by atoms with Gasteiger partial charge in [0.2, 0.25) is 0 Å². The number of rotatable bonds is 11. The van der Waals surface area contributed by atoms with Crippen LogP contribution in [0.25, 0.3) is 0 Å². The summed E-state index contributed by atoms with van der Waals surface area (Å²) in [6, 6.07) is 6.56. The van der Waals surface area contributed by atoms with Crippen LogP contribution in [0.4, 0.5) is 0 Å². The van der Waals surface area contributed by atoms with Crippen LogP contribution in [0.2, 0.25) is 0 Å². The Morgan fingerprint density at radius 3 is 2.45 bits per heavy atom. The number of carbonyl (C=O) groups is 2. The summed E-state index contributed by atoms with van der Waals surface area (Å²) in [5.41, 5.74) is 0.167. The third-order valence-electron chi connectivity index (χ3n) is 2.80. The number of hydrogen-bond acceptors (Lipinski definition) is 5. The van der Waals surface area contributed by atoms with Crippen molar-refractivity contribution in [1.29, 1.82) is 0 Å². The molecule has 1 N–H and O–H groups in total. The van der Waals surface area contributed by atoms with E-state index < -0.39 is 11.9 Å². The van der Waals surface area contributed by atoms with E-state index in [2.05, 4.69) is 16.4 Å². The number of carboxylic acids is 1. The van der Waals surface area contributed by atoms with Gasteiger partial charge in [0.05, 0.1) is 13.2 Å². The summed E-state index contributed by atoms with van der Waals surface area (Å²) in [6.07, 6.45) is 4.41. The summed E-state index contributed by atoms with van der Waals surface area (Å²) >= 11 is 0. The van der Waals surface area contributed by atoms with E-state index in [0.717, 1.165) is 31.8 Å². The summed E-state index contributed by atoms with van der Waals surface area (Å²) in [6.45, 7) is 4.04. The molecule has 0 saturated heterocycles. The van der Waals surface area contributed by atoms with Crippen molar-refractivity contribution in [3.63, 3.8) is 0 Å². The maximum absolute atomic E-state index is 11.0. The molecule has 0 amide bonds. The Kier molecular flexibility index (Phi) is 8.37. The minimum absolute atomic E-state index is 0.167. The van der Waals surface area contributed by atoms with Gasteiger partial charge in [-0.15, -0.1) is 0 Å². The van der Waals surface area contributed by atoms with Crippen LogP contribution in [-0.2, 0) is 14.6 Å². The zero-order valence-corrected chi connectivity index (χ0v) is 12.3. The van der Waals surface area contributed by atoms with Crippen molar-refractivity contribution in [1.82, 2.24) is 0 Å². The molecule has 0 atom stereocenters. The minimum Gasteiger partial charge on any atom is -0.493 e. The molecule has 0 heterocycles. The highest BCUT2D eigenvalue weighted by molar-refractivity contribution is 5.90. The van der Waals surface area contributed by atoms with Crippen molar-refractivity contribution < 1.29 is 29.2 Å². The third-order valence-corrected chi connectivity index (χ3v) is 2.80. The van der Waals surface area contributed by atoms with Gasteiger partial charge in [-0.2, -0.15) is 4.89 Å². The number of benzene rings is 1. The van der Waals surface area contributed by atoms with Gasteiger partial charge in [0.25, 0.3) is 0 Å². The molecule has 1 aromatic rings. The predicted molar refractivity (Wildman–Crippen MR) is 79.6 cm³/mol. The molecule has 120 valence electrons.